The molecule has 0 unspecified atom stereocenters. The van der Waals surface area contributed by atoms with Gasteiger partial charge in [0.25, 0.3) is 0 Å². The predicted octanol–water partition coefficient (Wildman–Crippen LogP) is 5.14. The Morgan fingerprint density at radius 2 is 1.89 bits per heavy atom. The van der Waals surface area contributed by atoms with Gasteiger partial charge in [-0.25, -0.2) is 0 Å². The normalized spacial score (nSPS) is 18.3. The number of hydrogen-bond donors (Lipinski definition) is 0. The Morgan fingerprint density at radius 3 is 2.67 bits per heavy atom. The summed E-state index contributed by atoms with van der Waals surface area (Å²) in [6.07, 6.45) is 1.47. The molecule has 2 aromatic carbocycles. The number of anilines is 1. The number of halogens is 1. The van der Waals surface area contributed by atoms with Crippen LogP contribution in [0.5, 0.6) is 0 Å². The average Bonchev–Trinajstić information content (AvgIpc) is 3.36. The molecular weight excluding hydrogens is 475 g/mol. The maximum absolute atomic E-state index is 13.0. The van der Waals surface area contributed by atoms with E-state index in [4.69, 9.17) is 26.0 Å². The molecule has 3 aliphatic heterocycles. The summed E-state index contributed by atoms with van der Waals surface area (Å²) in [5.74, 6) is 0.890. The number of piperidine rings is 1. The fourth-order valence-electron chi connectivity index (χ4n) is 5.65. The van der Waals surface area contributed by atoms with E-state index in [9.17, 15) is 4.79 Å². The van der Waals surface area contributed by atoms with Gasteiger partial charge in [0.2, 0.25) is 0 Å². The molecule has 1 aromatic heterocycles. The molecule has 0 atom stereocenters. The minimum absolute atomic E-state index is 0.208. The van der Waals surface area contributed by atoms with Gasteiger partial charge in [-0.05, 0) is 0 Å². The molecule has 1 amide bonds. The fraction of sp³-hybridized carbons (Fsp3) is 0.444. The third kappa shape index (κ3) is 4.10. The minimum atomic E-state index is -0.573. The van der Waals surface area contributed by atoms with Gasteiger partial charge in [-0.3, -0.25) is 0 Å². The van der Waals surface area contributed by atoms with Gasteiger partial charge >= 0.3 is 217 Å². The molecule has 0 bridgehead atoms. The number of carbonyl (C=O) groups is 1. The van der Waals surface area contributed by atoms with Crippen LogP contribution in [0.3, 0.4) is 0 Å². The van der Waals surface area contributed by atoms with E-state index < -0.39 is 5.60 Å². The summed E-state index contributed by atoms with van der Waals surface area (Å²) < 4.78 is 14.2. The molecule has 0 N–H and O–H groups in total. The number of amides is 1. The summed E-state index contributed by atoms with van der Waals surface area (Å²) in [5, 5.41) is 0.639. The number of hydrogen-bond acceptors (Lipinski definition) is 5. The number of ether oxygens (including phenoxy) is 2. The molecule has 4 heterocycles. The molecule has 0 saturated carbocycles. The van der Waals surface area contributed by atoms with Gasteiger partial charge in [-0.1, -0.05) is 0 Å². The second-order valence-electron chi connectivity index (χ2n) is 10.9. The Kier molecular flexibility index (Phi) is 5.65. The number of fused-ring (bicyclic) bond motifs is 5. The Bertz CT molecular complexity index is 1330. The van der Waals surface area contributed by atoms with E-state index in [-0.39, 0.29) is 11.7 Å². The first-order chi connectivity index (χ1) is 17.2. The molecule has 3 aliphatic rings. The number of nitrogens with zero attached hydrogens (tertiary/aromatic N) is 4. The van der Waals surface area contributed by atoms with E-state index in [2.05, 4.69) is 33.7 Å². The van der Waals surface area contributed by atoms with Gasteiger partial charge in [0.1, 0.15) is 0 Å². The quantitative estimate of drug-likeness (QED) is 0.459. The summed E-state index contributed by atoms with van der Waals surface area (Å²) in [6, 6.07) is 14.4. The predicted molar refractivity (Wildman–Crippen MR) is 140 cm³/mol. The Labute approximate surface area is 217 Å². The second-order valence-corrected chi connectivity index (χ2v) is 11.4. The van der Waals surface area contributed by atoms with Crippen LogP contribution in [0.15, 0.2) is 42.5 Å². The molecular formula is C27H30BClN4O3. The summed E-state index contributed by atoms with van der Waals surface area (Å²) in [4.78, 5) is 21.9. The number of aromatic nitrogens is 2. The van der Waals surface area contributed by atoms with Gasteiger partial charge in [0.15, 0.2) is 0 Å². The molecule has 3 aromatic rings. The Hall–Kier alpha value is -2.84. The van der Waals surface area contributed by atoms with Crippen molar-refractivity contribution < 1.29 is 14.3 Å². The SMILES string of the molecule is CC(C)(C)OC(=O)N1Cc2cc(Cl)ccc2-n2c(bnc2N2CCC3(CC2)OCc2ccccc23)C1. The molecule has 9 heteroatoms. The average molecular weight is 505 g/mol. The van der Waals surface area contributed by atoms with E-state index in [1.807, 2.05) is 46.0 Å². The van der Waals surface area contributed by atoms with Gasteiger partial charge < -0.3 is 0 Å². The van der Waals surface area contributed by atoms with Crippen LogP contribution in [0.25, 0.3) is 5.69 Å². The zero-order valence-electron chi connectivity index (χ0n) is 21.0. The van der Waals surface area contributed by atoms with E-state index in [1.54, 1.807) is 4.90 Å². The van der Waals surface area contributed by atoms with Crippen molar-refractivity contribution in [2.24, 2.45) is 0 Å². The number of carbonyl (C=O) groups excluding carboxylic acids is 1. The van der Waals surface area contributed by atoms with Crippen molar-refractivity contribution in [2.75, 3.05) is 18.0 Å². The summed E-state index contributed by atoms with van der Waals surface area (Å²) in [5.41, 5.74) is 4.76. The third-order valence-electron chi connectivity index (χ3n) is 7.33. The van der Waals surface area contributed by atoms with Crippen LogP contribution in [0.2, 0.25) is 5.02 Å². The molecule has 0 aliphatic carbocycles. The second kappa shape index (κ2) is 8.63. The maximum atomic E-state index is 13.0. The monoisotopic (exact) mass is 504 g/mol. The van der Waals surface area contributed by atoms with Gasteiger partial charge in [-0.15, -0.1) is 0 Å². The Balaban J connectivity index is 1.32. The van der Waals surface area contributed by atoms with Crippen LogP contribution in [-0.4, -0.2) is 46.2 Å². The molecule has 36 heavy (non-hydrogen) atoms. The summed E-state index contributed by atoms with van der Waals surface area (Å²) >= 11 is 6.38. The summed E-state index contributed by atoms with van der Waals surface area (Å²) in [6.45, 7) is 8.82. The summed E-state index contributed by atoms with van der Waals surface area (Å²) in [7, 11) is 1.88. The van der Waals surface area contributed by atoms with Crippen molar-refractivity contribution in [1.29, 1.82) is 0 Å². The van der Waals surface area contributed by atoms with Gasteiger partial charge in [0.05, 0.1) is 0 Å². The van der Waals surface area contributed by atoms with Crippen LogP contribution in [-0.2, 0) is 34.8 Å². The molecule has 186 valence electrons. The van der Waals surface area contributed by atoms with Crippen molar-refractivity contribution in [1.82, 2.24) is 14.4 Å². The van der Waals surface area contributed by atoms with E-state index in [1.165, 1.54) is 11.1 Å². The molecule has 7 nitrogen and oxygen atoms in total. The van der Waals surface area contributed by atoms with E-state index >= 15 is 0 Å². The number of rotatable bonds is 1. The van der Waals surface area contributed by atoms with Crippen LogP contribution in [0.1, 0.15) is 55.9 Å². The van der Waals surface area contributed by atoms with Crippen LogP contribution >= 0.6 is 11.6 Å². The van der Waals surface area contributed by atoms with Gasteiger partial charge in [-0.2, -0.15) is 0 Å². The topological polar surface area (TPSA) is 59.8 Å². The van der Waals surface area contributed by atoms with Crippen molar-refractivity contribution in [3.8, 4) is 5.69 Å². The van der Waals surface area contributed by atoms with Gasteiger partial charge in [0, 0.05) is 0 Å². The first-order valence-corrected chi connectivity index (χ1v) is 12.9. The third-order valence-corrected chi connectivity index (χ3v) is 7.57. The Morgan fingerprint density at radius 1 is 1.11 bits per heavy atom. The zero-order chi connectivity index (χ0) is 25.1. The molecule has 1 fully saturated rings. The first kappa shape index (κ1) is 23.6. The molecule has 1 saturated heterocycles. The number of benzene rings is 2. The van der Waals surface area contributed by atoms with Crippen LogP contribution in [0.4, 0.5) is 10.7 Å². The van der Waals surface area contributed by atoms with E-state index in [0.29, 0.717) is 24.7 Å². The van der Waals surface area contributed by atoms with Crippen LogP contribution < -0.4 is 4.90 Å². The van der Waals surface area contributed by atoms with Crippen molar-refractivity contribution in [2.45, 2.75) is 64.5 Å². The zero-order valence-corrected chi connectivity index (χ0v) is 21.7. The van der Waals surface area contributed by atoms with Crippen LogP contribution in [0, 0.1) is 0 Å². The van der Waals surface area contributed by atoms with Crippen molar-refractivity contribution in [3.05, 3.63) is 69.8 Å². The fourth-order valence-corrected chi connectivity index (χ4v) is 5.85. The van der Waals surface area contributed by atoms with Crippen molar-refractivity contribution >= 4 is 30.7 Å². The molecule has 0 radical (unpaired) electrons. The standard InChI is InChI=1S/C27H30BClN4O3/c1-26(2,3)36-25(34)32-15-19-14-20(29)8-9-22(19)33-23(16-32)28-30-24(33)31-12-10-27(11-13-31)21-7-5-4-6-18(21)17-35-27/h4-9,14H,10-13,15-17H2,1-3H3. The first-order valence-electron chi connectivity index (χ1n) is 12.5. The van der Waals surface area contributed by atoms with E-state index in [0.717, 1.165) is 48.7 Å². The molecule has 1 spiro atoms. The molecule has 6 rings (SSSR count). The van der Waals surface area contributed by atoms with Crippen molar-refractivity contribution in [3.63, 3.8) is 0 Å².